The molecule has 10 rings (SSSR count). The van der Waals surface area contributed by atoms with Crippen LogP contribution in [0.4, 0.5) is 61.5 Å². The maximum atomic E-state index is 13.3. The van der Waals surface area contributed by atoms with Crippen molar-refractivity contribution in [2.75, 3.05) is 98.2 Å². The lowest BCUT2D eigenvalue weighted by Gasteiger charge is -2.33. The van der Waals surface area contributed by atoms with Crippen molar-refractivity contribution in [3.8, 4) is 0 Å². The van der Waals surface area contributed by atoms with Gasteiger partial charge < -0.3 is 34.3 Å². The number of hydrogen-bond acceptors (Lipinski definition) is 12. The van der Waals surface area contributed by atoms with E-state index >= 15 is 0 Å². The topological polar surface area (TPSA) is 209 Å². The summed E-state index contributed by atoms with van der Waals surface area (Å²) in [7, 11) is 0. The lowest BCUT2D eigenvalue weighted by atomic mass is 10.1. The summed E-state index contributed by atoms with van der Waals surface area (Å²) in [4.78, 5) is 65.9. The molecule has 20 nitrogen and oxygen atoms in total. The fraction of sp³-hybridized carbons (Fsp3) is 0.487. The minimum Gasteiger partial charge on any atom is -0.332 e. The normalized spacial score (nSPS) is 14.3. The van der Waals surface area contributed by atoms with Crippen molar-refractivity contribution in [1.82, 2.24) is 80.0 Å². The molecule has 4 N–H and O–H groups in total. The summed E-state index contributed by atoms with van der Waals surface area (Å²) < 4.78 is 181. The lowest BCUT2D eigenvalue weighted by Crippen LogP contribution is -2.44. The van der Waals surface area contributed by atoms with Crippen LogP contribution in [0.2, 0.25) is 20.1 Å². The number of aryl methyl sites for hydroxylation is 1. The number of carbonyl (C=O) groups excluding carboxylic acids is 4. The van der Waals surface area contributed by atoms with E-state index in [4.69, 9.17) is 46.4 Å². The third-order valence-corrected chi connectivity index (χ3v) is 20.7. The first-order valence-corrected chi connectivity index (χ1v) is 39.1. The molecule has 0 bridgehead atoms. The van der Waals surface area contributed by atoms with Crippen molar-refractivity contribution < 1.29 is 80.6 Å². The highest BCUT2D eigenvalue weighted by Crippen LogP contribution is 2.34. The maximum absolute atomic E-state index is 13.3. The number of amides is 4. The molecule has 2 aliphatic rings. The Morgan fingerprint density at radius 2 is 0.750 bits per heavy atom. The average molecular weight is 1730 g/mol. The highest BCUT2D eigenvalue weighted by Gasteiger charge is 2.40. The molecule has 116 heavy (non-hydrogen) atoms. The van der Waals surface area contributed by atoms with Gasteiger partial charge in [-0.1, -0.05) is 147 Å². The van der Waals surface area contributed by atoms with Gasteiger partial charge in [0.05, 0.1) is 0 Å². The minimum atomic E-state index is -4.65. The van der Waals surface area contributed by atoms with Gasteiger partial charge in [0.25, 0.3) is 29.6 Å². The Labute approximate surface area is 683 Å². The molecule has 2 fully saturated rings. The van der Waals surface area contributed by atoms with Crippen LogP contribution in [0.25, 0.3) is 0 Å². The molecule has 4 amide bonds. The second-order valence-electron chi connectivity index (χ2n) is 28.0. The van der Waals surface area contributed by atoms with Crippen molar-refractivity contribution in [3.05, 3.63) is 209 Å². The van der Waals surface area contributed by atoms with Crippen LogP contribution in [-0.2, 0) is 50.9 Å². The molecule has 0 radical (unpaired) electrons. The maximum Gasteiger partial charge on any atom is 0.432 e. The molecule has 636 valence electrons. The molecule has 4 aromatic heterocycles. The highest BCUT2D eigenvalue weighted by molar-refractivity contribution is 6.32. The number of carbonyl (C=O) groups is 4. The standard InChI is InChI=1S/C21H26ClF3N4O.C19H20ClF5N4O.2C19H24ClF3N4O/c1-15-6-7-16(17(22)12-15)14-29(11-10-28-8-4-2-3-5-9-28)20(30)18-13-19(27-26-18)21(23,24)25;20-14-4-2-1-3-13(14)12-29(10-9-28-7-5-18(21,22)6-8-28)17(30)15-11-16(27-26-15)19(23,24)25;1-4-26(13(2)3)9-10-27(12-14-7-5-6-8-15(14)20)18(28)16-11-17(25-24-16)19(21,22)23;1-3-9-26(4-2)10-11-27(13-14-7-5-6-8-15(14)20)18(28)16-12-17(25-24-16)19(21,22)23/h6-7,12-13H,2-5,8-11,14H2,1H3,(H,26,27);1-4,11H,5-10,12H2,(H,26,27);5-8,11,13H,4,9-10,12H2,1-3H3,(H,24,25);5-8,12H,3-4,9-11,13H2,1-2H3,(H,24,25). The van der Waals surface area contributed by atoms with E-state index in [0.717, 1.165) is 92.4 Å². The first-order valence-electron chi connectivity index (χ1n) is 37.6. The summed E-state index contributed by atoms with van der Waals surface area (Å²) in [5, 5.41) is 23.7. The fourth-order valence-electron chi connectivity index (χ4n) is 12.5. The van der Waals surface area contributed by atoms with E-state index in [-0.39, 0.29) is 87.5 Å². The third-order valence-electron chi connectivity index (χ3n) is 19.2. The summed E-state index contributed by atoms with van der Waals surface area (Å²) in [5.41, 5.74) is -1.62. The van der Waals surface area contributed by atoms with Crippen LogP contribution in [-0.4, -0.2) is 214 Å². The number of nitrogens with one attached hydrogen (secondary N) is 4. The molecule has 4 aromatic carbocycles. The zero-order chi connectivity index (χ0) is 85.3. The predicted molar refractivity (Wildman–Crippen MR) is 414 cm³/mol. The zero-order valence-electron chi connectivity index (χ0n) is 64.7. The molecule has 0 atom stereocenters. The summed E-state index contributed by atoms with van der Waals surface area (Å²) in [6, 6.07) is 29.7. The molecule has 38 heteroatoms. The van der Waals surface area contributed by atoms with Crippen LogP contribution < -0.4 is 0 Å². The number of aromatic nitrogens is 8. The van der Waals surface area contributed by atoms with Crippen LogP contribution in [0.1, 0.15) is 172 Å². The number of nitrogens with zero attached hydrogens (tertiary/aromatic N) is 12. The Bertz CT molecular complexity index is 4400. The second-order valence-corrected chi connectivity index (χ2v) is 29.7. The molecule has 2 aliphatic heterocycles. The van der Waals surface area contributed by atoms with E-state index < -0.39 is 77.0 Å². The number of H-pyrrole nitrogens is 4. The number of halogens is 18. The van der Waals surface area contributed by atoms with Gasteiger partial charge in [-0.15, -0.1) is 0 Å². The van der Waals surface area contributed by atoms with Crippen LogP contribution in [0.3, 0.4) is 0 Å². The molecule has 2 saturated heterocycles. The van der Waals surface area contributed by atoms with E-state index in [1.165, 1.54) is 32.4 Å². The van der Waals surface area contributed by atoms with E-state index in [2.05, 4.69) is 42.0 Å². The summed E-state index contributed by atoms with van der Waals surface area (Å²) in [6.45, 7) is 20.9. The van der Waals surface area contributed by atoms with Gasteiger partial charge in [0.1, 0.15) is 22.8 Å². The molecule has 0 unspecified atom stereocenters. The number of likely N-dealkylation sites (tertiary alicyclic amines) is 2. The lowest BCUT2D eigenvalue weighted by molar-refractivity contribution is -0.142. The Morgan fingerprint density at radius 3 is 1.05 bits per heavy atom. The van der Waals surface area contributed by atoms with Gasteiger partial charge in [-0.3, -0.25) is 44.5 Å². The van der Waals surface area contributed by atoms with Gasteiger partial charge in [0, 0.05) is 155 Å². The highest BCUT2D eigenvalue weighted by atomic mass is 35.5. The third kappa shape index (κ3) is 29.6. The van der Waals surface area contributed by atoms with E-state index in [1.54, 1.807) is 77.7 Å². The minimum absolute atomic E-state index is 0.0523. The van der Waals surface area contributed by atoms with E-state index in [0.29, 0.717) is 77.5 Å². The number of rotatable bonds is 29. The summed E-state index contributed by atoms with van der Waals surface area (Å²) in [6.07, 6.45) is -13.3. The Balaban J connectivity index is 0.000000214. The molecule has 0 aliphatic carbocycles. The number of hydrogen-bond donors (Lipinski definition) is 4. The first-order chi connectivity index (χ1) is 54.7. The molecule has 8 aromatic rings. The van der Waals surface area contributed by atoms with Crippen molar-refractivity contribution in [2.45, 2.75) is 149 Å². The molecule has 0 saturated carbocycles. The second kappa shape index (κ2) is 43.9. The number of alkyl halides is 14. The van der Waals surface area contributed by atoms with Gasteiger partial charge >= 0.3 is 24.7 Å². The van der Waals surface area contributed by atoms with Gasteiger partial charge in [-0.05, 0) is 125 Å². The predicted octanol–water partition coefficient (Wildman–Crippen LogP) is 18.3. The zero-order valence-corrected chi connectivity index (χ0v) is 67.8. The first kappa shape index (κ1) is 94.8. The number of likely N-dealkylation sites (N-methyl/N-ethyl adjacent to an activating group) is 2. The Morgan fingerprint density at radius 1 is 0.422 bits per heavy atom. The average Bonchev–Trinajstić information content (AvgIpc) is 1.70. The van der Waals surface area contributed by atoms with Gasteiger partial charge in [-0.2, -0.15) is 73.1 Å². The number of benzene rings is 4. The molecule has 6 heterocycles. The fourth-order valence-corrected chi connectivity index (χ4v) is 13.4. The van der Waals surface area contributed by atoms with Gasteiger partial charge in [-0.25, -0.2) is 8.78 Å². The van der Waals surface area contributed by atoms with E-state index in [1.807, 2.05) is 73.2 Å². The number of aromatic amines is 4. The van der Waals surface area contributed by atoms with E-state index in [9.17, 15) is 80.6 Å². The van der Waals surface area contributed by atoms with Gasteiger partial charge in [0.2, 0.25) is 0 Å². The smallest absolute Gasteiger partial charge is 0.332 e. The molecule has 0 spiro atoms. The van der Waals surface area contributed by atoms with Crippen molar-refractivity contribution in [3.63, 3.8) is 0 Å². The van der Waals surface area contributed by atoms with Crippen LogP contribution in [0, 0.1) is 6.92 Å². The van der Waals surface area contributed by atoms with Crippen LogP contribution in [0.5, 0.6) is 0 Å². The molecular formula is C78H94Cl4F14N16O4. The Kier molecular flexibility index (Phi) is 35.9. The number of piperidine rings is 1. The molecular weight excluding hydrogens is 1630 g/mol. The van der Waals surface area contributed by atoms with Crippen LogP contribution in [0.15, 0.2) is 115 Å². The van der Waals surface area contributed by atoms with Crippen molar-refractivity contribution in [2.24, 2.45) is 0 Å². The van der Waals surface area contributed by atoms with Gasteiger partial charge in [0.15, 0.2) is 22.8 Å². The van der Waals surface area contributed by atoms with Crippen molar-refractivity contribution >= 4 is 70.0 Å². The summed E-state index contributed by atoms with van der Waals surface area (Å²) in [5.74, 6) is -5.09. The van der Waals surface area contributed by atoms with Crippen LogP contribution >= 0.6 is 46.4 Å². The largest absolute Gasteiger partial charge is 0.432 e. The Hall–Kier alpha value is -8.38. The quantitative estimate of drug-likeness (QED) is 0.0323. The summed E-state index contributed by atoms with van der Waals surface area (Å²) >= 11 is 24.9. The van der Waals surface area contributed by atoms with Crippen molar-refractivity contribution in [1.29, 1.82) is 0 Å². The monoisotopic (exact) mass is 1720 g/mol. The SMILES string of the molecule is CCCN(CC)CCN(Cc1ccccc1Cl)C(=O)c1cc(C(F)(F)F)[nH]n1.CCN(CCN(Cc1ccccc1Cl)C(=O)c1cc(C(F)(F)F)[nH]n1)C(C)C.Cc1ccc(CN(CCN2CCCCCC2)C(=O)c2cc(C(F)(F)F)[nH]n2)c(Cl)c1.O=C(c1cc(C(F)(F)F)[nH]n1)N(CCN1CCC(F)(F)CC1)Cc1ccccc1Cl.